The fraction of sp³-hybridized carbons (Fsp3) is 0.312. The smallest absolute Gasteiger partial charge is 0.0755 e. The van der Waals surface area contributed by atoms with Crippen molar-refractivity contribution in [1.29, 1.82) is 0 Å². The van der Waals surface area contributed by atoms with Crippen molar-refractivity contribution >= 4 is 21.4 Å². The van der Waals surface area contributed by atoms with Gasteiger partial charge in [-0.05, 0) is 23.6 Å². The lowest BCUT2D eigenvalue weighted by atomic mass is 10.1. The van der Waals surface area contributed by atoms with Crippen molar-refractivity contribution in [2.45, 2.75) is 12.6 Å². The first kappa shape index (κ1) is 13.0. The van der Waals surface area contributed by atoms with Crippen molar-refractivity contribution in [3.05, 3.63) is 53.2 Å². The summed E-state index contributed by atoms with van der Waals surface area (Å²) in [5.74, 6) is 0. The van der Waals surface area contributed by atoms with E-state index in [4.69, 9.17) is 4.74 Å². The molecular formula is C16H17N3OS. The summed E-state index contributed by atoms with van der Waals surface area (Å²) in [4.78, 5) is 3.88. The molecule has 1 aliphatic heterocycles. The number of hydrogen-bond acceptors (Lipinski definition) is 4. The van der Waals surface area contributed by atoms with Crippen LogP contribution >= 0.6 is 11.3 Å². The van der Waals surface area contributed by atoms with Crippen molar-refractivity contribution in [3.8, 4) is 0 Å². The zero-order valence-electron chi connectivity index (χ0n) is 11.7. The molecule has 0 spiro atoms. The molecule has 108 valence electrons. The molecule has 1 saturated heterocycles. The topological polar surface area (TPSA) is 41.1 Å². The van der Waals surface area contributed by atoms with Crippen molar-refractivity contribution < 1.29 is 4.74 Å². The number of nitrogens with zero attached hydrogens (tertiary/aromatic N) is 2. The van der Waals surface area contributed by atoms with Gasteiger partial charge in [0.25, 0.3) is 0 Å². The number of aromatic amines is 1. The normalized spacial score (nSPS) is 20.1. The number of nitrogens with one attached hydrogen (secondary N) is 1. The van der Waals surface area contributed by atoms with Crippen LogP contribution in [0.2, 0.25) is 0 Å². The van der Waals surface area contributed by atoms with E-state index in [9.17, 15) is 0 Å². The van der Waals surface area contributed by atoms with Crippen LogP contribution in [0.5, 0.6) is 0 Å². The summed E-state index contributed by atoms with van der Waals surface area (Å²) in [6.45, 7) is 3.45. The molecule has 0 saturated carbocycles. The second-order valence-corrected chi connectivity index (χ2v) is 6.49. The van der Waals surface area contributed by atoms with Gasteiger partial charge in [-0.25, -0.2) is 0 Å². The molecule has 0 radical (unpaired) electrons. The van der Waals surface area contributed by atoms with Gasteiger partial charge in [0.2, 0.25) is 0 Å². The van der Waals surface area contributed by atoms with E-state index in [1.807, 2.05) is 23.6 Å². The van der Waals surface area contributed by atoms with Gasteiger partial charge in [0.15, 0.2) is 0 Å². The summed E-state index contributed by atoms with van der Waals surface area (Å²) < 4.78 is 7.01. The Bertz CT molecular complexity index is 689. The van der Waals surface area contributed by atoms with Crippen molar-refractivity contribution in [1.82, 2.24) is 15.1 Å². The molecular weight excluding hydrogens is 282 g/mol. The Morgan fingerprint density at radius 3 is 3.14 bits per heavy atom. The molecule has 0 bridgehead atoms. The molecule has 0 amide bonds. The first-order valence-electron chi connectivity index (χ1n) is 7.19. The van der Waals surface area contributed by atoms with Crippen molar-refractivity contribution in [3.63, 3.8) is 0 Å². The third-order valence-electron chi connectivity index (χ3n) is 3.96. The molecule has 1 fully saturated rings. The Morgan fingerprint density at radius 2 is 2.29 bits per heavy atom. The number of rotatable bonds is 3. The lowest BCUT2D eigenvalue weighted by Gasteiger charge is -2.34. The molecule has 1 aliphatic rings. The third-order valence-corrected chi connectivity index (χ3v) is 5.06. The van der Waals surface area contributed by atoms with Crippen LogP contribution < -0.4 is 0 Å². The predicted molar refractivity (Wildman–Crippen MR) is 84.4 cm³/mol. The Hall–Kier alpha value is -1.69. The zero-order valence-corrected chi connectivity index (χ0v) is 12.5. The lowest BCUT2D eigenvalue weighted by Crippen LogP contribution is -2.39. The lowest BCUT2D eigenvalue weighted by molar-refractivity contribution is -0.0138. The second kappa shape index (κ2) is 5.60. The highest BCUT2D eigenvalue weighted by Gasteiger charge is 2.26. The van der Waals surface area contributed by atoms with Gasteiger partial charge in [-0.3, -0.25) is 10.00 Å². The highest BCUT2D eigenvalue weighted by atomic mass is 32.1. The van der Waals surface area contributed by atoms with Crippen LogP contribution in [0.25, 0.3) is 10.1 Å². The highest BCUT2D eigenvalue weighted by molar-refractivity contribution is 7.19. The summed E-state index contributed by atoms with van der Waals surface area (Å²) in [6.07, 6.45) is 1.81. The molecule has 1 N–H and O–H groups in total. The van der Waals surface area contributed by atoms with Gasteiger partial charge in [0.1, 0.15) is 0 Å². The fourth-order valence-electron chi connectivity index (χ4n) is 2.88. The molecule has 4 nitrogen and oxygen atoms in total. The Labute approximate surface area is 127 Å². The van der Waals surface area contributed by atoms with E-state index in [2.05, 4.69) is 45.4 Å². The minimum absolute atomic E-state index is 0.270. The minimum Gasteiger partial charge on any atom is -0.378 e. The maximum absolute atomic E-state index is 5.65. The van der Waals surface area contributed by atoms with Gasteiger partial charge in [0, 0.05) is 28.9 Å². The quantitative estimate of drug-likeness (QED) is 0.807. The number of fused-ring (bicyclic) bond motifs is 1. The van der Waals surface area contributed by atoms with Crippen molar-refractivity contribution in [2.75, 3.05) is 19.8 Å². The molecule has 3 aromatic rings. The maximum atomic E-state index is 5.65. The molecule has 0 unspecified atom stereocenters. The van der Waals surface area contributed by atoms with Crippen LogP contribution in [0.4, 0.5) is 0 Å². The van der Waals surface area contributed by atoms with Gasteiger partial charge < -0.3 is 4.74 Å². The van der Waals surface area contributed by atoms with E-state index in [1.165, 1.54) is 15.0 Å². The Kier molecular flexibility index (Phi) is 3.47. The zero-order chi connectivity index (χ0) is 14.1. The summed E-state index contributed by atoms with van der Waals surface area (Å²) >= 11 is 1.88. The summed E-state index contributed by atoms with van der Waals surface area (Å²) in [5.41, 5.74) is 1.14. The molecule has 0 aliphatic carbocycles. The average molecular weight is 299 g/mol. The van der Waals surface area contributed by atoms with E-state index in [-0.39, 0.29) is 6.04 Å². The molecule has 1 aromatic carbocycles. The van der Waals surface area contributed by atoms with E-state index >= 15 is 0 Å². The van der Waals surface area contributed by atoms with E-state index in [0.29, 0.717) is 0 Å². The fourth-order valence-corrected chi connectivity index (χ4v) is 3.97. The van der Waals surface area contributed by atoms with Gasteiger partial charge in [-0.1, -0.05) is 18.2 Å². The van der Waals surface area contributed by atoms with Crippen LogP contribution in [0.1, 0.15) is 16.6 Å². The minimum atomic E-state index is 0.270. The van der Waals surface area contributed by atoms with Gasteiger partial charge in [0.05, 0.1) is 24.9 Å². The number of benzene rings is 1. The number of ether oxygens (including phenoxy) is 1. The summed E-state index contributed by atoms with van der Waals surface area (Å²) in [5, 5.41) is 8.49. The summed E-state index contributed by atoms with van der Waals surface area (Å²) in [6, 6.07) is 13.2. The largest absolute Gasteiger partial charge is 0.378 e. The standard InChI is InChI=1S/C16H17N3OS/c1-2-4-16-12(3-1)9-13(21-16)10-19-7-8-20-11-15(19)14-5-6-17-18-14/h1-6,9,15H,7-8,10-11H2,(H,17,18)/t15-/m1/s1. The number of thiophene rings is 1. The van der Waals surface area contributed by atoms with Crippen LogP contribution in [-0.4, -0.2) is 34.9 Å². The van der Waals surface area contributed by atoms with Gasteiger partial charge in [-0.2, -0.15) is 5.10 Å². The third kappa shape index (κ3) is 2.60. The summed E-state index contributed by atoms with van der Waals surface area (Å²) in [7, 11) is 0. The van der Waals surface area contributed by atoms with E-state index in [0.717, 1.165) is 32.0 Å². The van der Waals surface area contributed by atoms with Crippen LogP contribution in [-0.2, 0) is 11.3 Å². The van der Waals surface area contributed by atoms with E-state index < -0.39 is 0 Å². The van der Waals surface area contributed by atoms with Crippen LogP contribution in [0.3, 0.4) is 0 Å². The van der Waals surface area contributed by atoms with Crippen molar-refractivity contribution in [2.24, 2.45) is 0 Å². The number of aromatic nitrogens is 2. The molecule has 4 rings (SSSR count). The molecule has 5 heteroatoms. The van der Waals surface area contributed by atoms with Crippen LogP contribution in [0.15, 0.2) is 42.6 Å². The molecule has 3 heterocycles. The number of H-pyrrole nitrogens is 1. The monoisotopic (exact) mass is 299 g/mol. The maximum Gasteiger partial charge on any atom is 0.0755 e. The average Bonchev–Trinajstić information content (AvgIpc) is 3.16. The second-order valence-electron chi connectivity index (χ2n) is 5.32. The van der Waals surface area contributed by atoms with Crippen LogP contribution in [0, 0.1) is 0 Å². The number of hydrogen-bond donors (Lipinski definition) is 1. The number of morpholine rings is 1. The SMILES string of the molecule is c1ccc2sc(CN3CCOC[C@@H]3c3ccn[nH]3)cc2c1. The molecule has 21 heavy (non-hydrogen) atoms. The Morgan fingerprint density at radius 1 is 1.33 bits per heavy atom. The van der Waals surface area contributed by atoms with E-state index in [1.54, 1.807) is 0 Å². The first-order chi connectivity index (χ1) is 10.4. The highest BCUT2D eigenvalue weighted by Crippen LogP contribution is 2.30. The molecule has 1 atom stereocenters. The first-order valence-corrected chi connectivity index (χ1v) is 8.00. The van der Waals surface area contributed by atoms with Gasteiger partial charge in [-0.15, -0.1) is 11.3 Å². The van der Waals surface area contributed by atoms with Gasteiger partial charge >= 0.3 is 0 Å². The predicted octanol–water partition coefficient (Wildman–Crippen LogP) is 3.20. The Balaban J connectivity index is 1.59. The molecule has 2 aromatic heterocycles.